The Morgan fingerprint density at radius 1 is 1.03 bits per heavy atom. The van der Waals surface area contributed by atoms with Crippen molar-refractivity contribution >= 4 is 16.7 Å². The zero-order valence-electron chi connectivity index (χ0n) is 16.3. The second-order valence-electron chi connectivity index (χ2n) is 6.66. The molecule has 0 aliphatic heterocycles. The zero-order valence-corrected chi connectivity index (χ0v) is 17.1. The van der Waals surface area contributed by atoms with E-state index in [1.165, 1.54) is 0 Å². The monoisotopic (exact) mass is 420 g/mol. The number of nitrogens with one attached hydrogen (secondary N) is 1. The van der Waals surface area contributed by atoms with Gasteiger partial charge in [-0.2, -0.15) is 0 Å². The van der Waals surface area contributed by atoms with E-state index in [-0.39, 0.29) is 11.7 Å². The minimum atomic E-state index is -1.20. The van der Waals surface area contributed by atoms with Crippen molar-refractivity contribution in [1.29, 1.82) is 0 Å². The normalized spacial score (nSPS) is 11.9. The van der Waals surface area contributed by atoms with Crippen LogP contribution in [0.4, 0.5) is 0 Å². The fourth-order valence-corrected chi connectivity index (χ4v) is 4.06. The molecule has 7 heteroatoms. The van der Waals surface area contributed by atoms with E-state index >= 15 is 0 Å². The number of nitrogens with zero attached hydrogens (tertiary/aromatic N) is 1. The van der Waals surface area contributed by atoms with Gasteiger partial charge >= 0.3 is 0 Å². The summed E-state index contributed by atoms with van der Waals surface area (Å²) in [6, 6.07) is 19.9. The number of carbonyl (C=O) groups is 1. The highest BCUT2D eigenvalue weighted by Crippen LogP contribution is 2.24. The number of hydrogen-bond donors (Lipinski definition) is 1. The van der Waals surface area contributed by atoms with E-state index < -0.39 is 10.8 Å². The molecule has 152 valence electrons. The fourth-order valence-electron chi connectivity index (χ4n) is 2.91. The molecule has 1 N–H and O–H groups in total. The van der Waals surface area contributed by atoms with Gasteiger partial charge in [0.15, 0.2) is 0 Å². The topological polar surface area (TPSA) is 85.3 Å². The van der Waals surface area contributed by atoms with Crippen LogP contribution in [0, 0.1) is 6.92 Å². The van der Waals surface area contributed by atoms with Gasteiger partial charge in [0.25, 0.3) is 5.91 Å². The summed E-state index contributed by atoms with van der Waals surface area (Å²) in [6.45, 7) is 2.14. The highest BCUT2D eigenvalue weighted by Gasteiger charge is 2.15. The molecule has 2 aromatic carbocycles. The lowest BCUT2D eigenvalue weighted by Gasteiger charge is -2.04. The van der Waals surface area contributed by atoms with Crippen LogP contribution in [-0.4, -0.2) is 15.1 Å². The molecule has 0 saturated heterocycles. The Bertz CT molecular complexity index is 1150. The Hall–Kier alpha value is -3.45. The van der Waals surface area contributed by atoms with Crippen molar-refractivity contribution in [2.75, 3.05) is 0 Å². The predicted octanol–water partition coefficient (Wildman–Crippen LogP) is 4.48. The lowest BCUT2D eigenvalue weighted by Crippen LogP contribution is -2.22. The van der Waals surface area contributed by atoms with Gasteiger partial charge in [0.2, 0.25) is 5.89 Å². The Labute approximate surface area is 176 Å². The molecule has 4 aromatic rings. The Balaban J connectivity index is 1.43. The highest BCUT2D eigenvalue weighted by atomic mass is 32.2. The largest absolute Gasteiger partial charge is 0.467 e. The molecule has 0 unspecified atom stereocenters. The van der Waals surface area contributed by atoms with Crippen LogP contribution in [0.1, 0.15) is 27.6 Å². The zero-order chi connectivity index (χ0) is 20.9. The van der Waals surface area contributed by atoms with Gasteiger partial charge in [0, 0.05) is 16.0 Å². The molecule has 0 aliphatic carbocycles. The number of furan rings is 1. The van der Waals surface area contributed by atoms with Crippen LogP contribution in [-0.2, 0) is 23.1 Å². The van der Waals surface area contributed by atoms with Crippen molar-refractivity contribution in [3.8, 4) is 11.5 Å². The molecule has 6 nitrogen and oxygen atoms in total. The summed E-state index contributed by atoms with van der Waals surface area (Å²) in [5.74, 6) is 1.85. The standard InChI is InChI=1S/C23H20N2O4S/c1-16-21(15-30(27)20-7-3-2-4-8-20)25-23(29-16)18-11-9-17(10-12-18)22(26)24-14-19-6-5-13-28-19/h2-13H,14-15H2,1H3,(H,24,26)/t30-/m0/s1. The predicted molar refractivity (Wildman–Crippen MR) is 113 cm³/mol. The molecule has 1 atom stereocenters. The molecule has 30 heavy (non-hydrogen) atoms. The molecule has 2 heterocycles. The van der Waals surface area contributed by atoms with Gasteiger partial charge in [-0.05, 0) is 55.5 Å². The smallest absolute Gasteiger partial charge is 0.251 e. The maximum Gasteiger partial charge on any atom is 0.251 e. The summed E-state index contributed by atoms with van der Waals surface area (Å²) in [5, 5.41) is 2.81. The van der Waals surface area contributed by atoms with Crippen LogP contribution in [0.3, 0.4) is 0 Å². The first kappa shape index (κ1) is 19.8. The Kier molecular flexibility index (Phi) is 5.90. The first-order valence-corrected chi connectivity index (χ1v) is 10.7. The van der Waals surface area contributed by atoms with Gasteiger partial charge in [-0.3, -0.25) is 9.00 Å². The van der Waals surface area contributed by atoms with Gasteiger partial charge in [0.1, 0.15) is 11.5 Å². The van der Waals surface area contributed by atoms with Crippen molar-refractivity contribution in [2.24, 2.45) is 0 Å². The van der Waals surface area contributed by atoms with Crippen molar-refractivity contribution in [3.63, 3.8) is 0 Å². The first-order valence-electron chi connectivity index (χ1n) is 9.41. The van der Waals surface area contributed by atoms with Crippen molar-refractivity contribution in [1.82, 2.24) is 10.3 Å². The molecular weight excluding hydrogens is 400 g/mol. The number of aromatic nitrogens is 1. The lowest BCUT2D eigenvalue weighted by atomic mass is 10.1. The van der Waals surface area contributed by atoms with Gasteiger partial charge in [-0.15, -0.1) is 0 Å². The van der Waals surface area contributed by atoms with Gasteiger partial charge < -0.3 is 14.2 Å². The van der Waals surface area contributed by atoms with Gasteiger partial charge in [0.05, 0.1) is 35.1 Å². The number of amides is 1. The Morgan fingerprint density at radius 3 is 2.50 bits per heavy atom. The van der Waals surface area contributed by atoms with E-state index in [9.17, 15) is 9.00 Å². The molecule has 4 rings (SSSR count). The third-order valence-electron chi connectivity index (χ3n) is 4.56. The van der Waals surface area contributed by atoms with Gasteiger partial charge in [-0.1, -0.05) is 18.2 Å². The van der Waals surface area contributed by atoms with Crippen LogP contribution in [0.25, 0.3) is 11.5 Å². The molecule has 0 spiro atoms. The molecule has 0 radical (unpaired) electrons. The summed E-state index contributed by atoms with van der Waals surface area (Å²) in [4.78, 5) is 17.5. The summed E-state index contributed by atoms with van der Waals surface area (Å²) in [7, 11) is -1.20. The summed E-state index contributed by atoms with van der Waals surface area (Å²) in [5.41, 5.74) is 1.93. The number of benzene rings is 2. The molecule has 0 bridgehead atoms. The first-order chi connectivity index (χ1) is 14.6. The van der Waals surface area contributed by atoms with Crippen LogP contribution >= 0.6 is 0 Å². The Morgan fingerprint density at radius 2 is 1.80 bits per heavy atom. The molecule has 0 aliphatic rings. The molecular formula is C23H20N2O4S. The molecule has 0 saturated carbocycles. The summed E-state index contributed by atoms with van der Waals surface area (Å²) >= 11 is 0. The quantitative estimate of drug-likeness (QED) is 0.476. The average Bonchev–Trinajstić information content (AvgIpc) is 3.43. The van der Waals surface area contributed by atoms with Crippen molar-refractivity contribution in [2.45, 2.75) is 24.1 Å². The fraction of sp³-hybridized carbons (Fsp3) is 0.130. The average molecular weight is 420 g/mol. The lowest BCUT2D eigenvalue weighted by molar-refractivity contribution is 0.0948. The number of aryl methyl sites for hydroxylation is 1. The highest BCUT2D eigenvalue weighted by molar-refractivity contribution is 7.84. The number of rotatable bonds is 7. The maximum atomic E-state index is 12.6. The second kappa shape index (κ2) is 8.92. The van der Waals surface area contributed by atoms with Crippen LogP contribution in [0.2, 0.25) is 0 Å². The SMILES string of the molecule is Cc1oc(-c2ccc(C(=O)NCc3ccco3)cc2)nc1C[S@](=O)c1ccccc1. The van der Waals surface area contributed by atoms with Crippen LogP contribution < -0.4 is 5.32 Å². The van der Waals surface area contributed by atoms with Crippen LogP contribution in [0.15, 0.2) is 86.7 Å². The van der Waals surface area contributed by atoms with E-state index in [0.717, 1.165) is 10.5 Å². The van der Waals surface area contributed by atoms with E-state index in [4.69, 9.17) is 8.83 Å². The molecule has 2 aromatic heterocycles. The van der Waals surface area contributed by atoms with Crippen molar-refractivity contribution in [3.05, 3.63) is 95.8 Å². The van der Waals surface area contributed by atoms with Gasteiger partial charge in [-0.25, -0.2) is 4.98 Å². The number of carbonyl (C=O) groups excluding carboxylic acids is 1. The minimum Gasteiger partial charge on any atom is -0.467 e. The van der Waals surface area contributed by atoms with Crippen LogP contribution in [0.5, 0.6) is 0 Å². The summed E-state index contributed by atoms with van der Waals surface area (Å²) < 4.78 is 23.5. The van der Waals surface area contributed by atoms with Crippen molar-refractivity contribution < 1.29 is 17.8 Å². The maximum absolute atomic E-state index is 12.6. The van der Waals surface area contributed by atoms with E-state index in [1.54, 1.807) is 42.7 Å². The van der Waals surface area contributed by atoms with E-state index in [2.05, 4.69) is 10.3 Å². The minimum absolute atomic E-state index is 0.194. The molecule has 1 amide bonds. The second-order valence-corrected chi connectivity index (χ2v) is 8.12. The van der Waals surface area contributed by atoms with E-state index in [1.807, 2.05) is 37.3 Å². The summed E-state index contributed by atoms with van der Waals surface area (Å²) in [6.07, 6.45) is 1.57. The van der Waals surface area contributed by atoms with E-state index in [0.29, 0.717) is 35.2 Å². The third-order valence-corrected chi connectivity index (χ3v) is 5.90. The number of oxazole rings is 1. The number of hydrogen-bond acceptors (Lipinski definition) is 5. The molecule has 0 fully saturated rings. The third kappa shape index (κ3) is 4.58.